The number of nitro groups is 1. The van der Waals surface area contributed by atoms with Crippen molar-refractivity contribution in [2.45, 2.75) is 24.3 Å². The van der Waals surface area contributed by atoms with Crippen LogP contribution in [-0.4, -0.2) is 36.3 Å². The van der Waals surface area contributed by atoms with E-state index in [1.165, 1.54) is 22.5 Å². The molecular formula is C19H19N3O5S. The number of nitrogens with zero attached hydrogens (tertiary/aromatic N) is 2. The van der Waals surface area contributed by atoms with Gasteiger partial charge in [0.05, 0.1) is 23.0 Å². The van der Waals surface area contributed by atoms with E-state index in [1.54, 1.807) is 7.11 Å². The van der Waals surface area contributed by atoms with Crippen LogP contribution >= 0.6 is 0 Å². The lowest BCUT2D eigenvalue weighted by molar-refractivity contribution is -0.385. The number of sulfonamides is 1. The summed E-state index contributed by atoms with van der Waals surface area (Å²) in [4.78, 5) is 13.7. The number of ether oxygens (including phenoxy) is 1. The number of hydrogen-bond donors (Lipinski definition) is 1. The number of benzene rings is 2. The van der Waals surface area contributed by atoms with E-state index < -0.39 is 21.0 Å². The van der Waals surface area contributed by atoms with Crippen molar-refractivity contribution in [2.24, 2.45) is 0 Å². The SMILES string of the molecule is COc1ccc2[nH]c3c(c2c1)CCN(S(=O)(=O)c1cccc([N+](=O)[O-])c1)C3C. The first-order chi connectivity index (χ1) is 13.3. The van der Waals surface area contributed by atoms with Crippen molar-refractivity contribution in [2.75, 3.05) is 13.7 Å². The summed E-state index contributed by atoms with van der Waals surface area (Å²) in [5.74, 6) is 0.744. The zero-order valence-corrected chi connectivity index (χ0v) is 16.2. The Balaban J connectivity index is 1.76. The summed E-state index contributed by atoms with van der Waals surface area (Å²) >= 11 is 0. The van der Waals surface area contributed by atoms with E-state index in [9.17, 15) is 18.5 Å². The molecule has 1 unspecified atom stereocenters. The molecule has 2 heterocycles. The van der Waals surface area contributed by atoms with Crippen molar-refractivity contribution < 1.29 is 18.1 Å². The van der Waals surface area contributed by atoms with E-state index in [4.69, 9.17) is 4.74 Å². The molecule has 0 spiro atoms. The molecule has 1 aromatic heterocycles. The number of aromatic amines is 1. The Hall–Kier alpha value is -2.91. The average Bonchev–Trinajstić information content (AvgIpc) is 3.07. The molecule has 0 radical (unpaired) electrons. The molecule has 146 valence electrons. The minimum absolute atomic E-state index is 0.0743. The summed E-state index contributed by atoms with van der Waals surface area (Å²) in [5.41, 5.74) is 2.59. The second-order valence-corrected chi connectivity index (χ2v) is 8.62. The molecule has 0 fully saturated rings. The molecule has 0 amide bonds. The lowest BCUT2D eigenvalue weighted by Gasteiger charge is -2.32. The second-order valence-electron chi connectivity index (χ2n) is 6.72. The van der Waals surface area contributed by atoms with Crippen molar-refractivity contribution in [3.8, 4) is 5.75 Å². The lowest BCUT2D eigenvalue weighted by Crippen LogP contribution is -2.38. The van der Waals surface area contributed by atoms with Crippen LogP contribution in [-0.2, 0) is 16.4 Å². The van der Waals surface area contributed by atoms with Gasteiger partial charge in [-0.25, -0.2) is 8.42 Å². The number of nitrogens with one attached hydrogen (secondary N) is 1. The van der Waals surface area contributed by atoms with Crippen LogP contribution in [0.15, 0.2) is 47.4 Å². The van der Waals surface area contributed by atoms with E-state index in [0.717, 1.165) is 34.0 Å². The molecule has 3 aromatic rings. The van der Waals surface area contributed by atoms with E-state index in [0.29, 0.717) is 13.0 Å². The van der Waals surface area contributed by atoms with Gasteiger partial charge >= 0.3 is 0 Å². The van der Waals surface area contributed by atoms with Gasteiger partial charge in [0.25, 0.3) is 5.69 Å². The number of H-pyrrole nitrogens is 1. The van der Waals surface area contributed by atoms with Crippen LogP contribution in [0, 0.1) is 10.1 Å². The Kier molecular flexibility index (Phi) is 4.35. The van der Waals surface area contributed by atoms with Crippen molar-refractivity contribution in [3.63, 3.8) is 0 Å². The van der Waals surface area contributed by atoms with Crippen LogP contribution in [0.1, 0.15) is 24.2 Å². The van der Waals surface area contributed by atoms with Gasteiger partial charge in [-0.3, -0.25) is 10.1 Å². The van der Waals surface area contributed by atoms with E-state index >= 15 is 0 Å². The van der Waals surface area contributed by atoms with Gasteiger partial charge in [-0.15, -0.1) is 0 Å². The number of rotatable bonds is 4. The zero-order chi connectivity index (χ0) is 20.1. The monoisotopic (exact) mass is 401 g/mol. The zero-order valence-electron chi connectivity index (χ0n) is 15.4. The molecule has 1 aliphatic heterocycles. The average molecular weight is 401 g/mol. The van der Waals surface area contributed by atoms with Gasteiger partial charge in [-0.1, -0.05) is 6.07 Å². The van der Waals surface area contributed by atoms with Crippen molar-refractivity contribution in [1.82, 2.24) is 9.29 Å². The van der Waals surface area contributed by atoms with Crippen LogP contribution in [0.4, 0.5) is 5.69 Å². The molecule has 4 rings (SSSR count). The van der Waals surface area contributed by atoms with Crippen LogP contribution in [0.3, 0.4) is 0 Å². The molecule has 28 heavy (non-hydrogen) atoms. The van der Waals surface area contributed by atoms with Gasteiger partial charge in [-0.05, 0) is 43.2 Å². The van der Waals surface area contributed by atoms with Gasteiger partial charge in [0, 0.05) is 35.3 Å². The summed E-state index contributed by atoms with van der Waals surface area (Å²) < 4.78 is 33.0. The van der Waals surface area contributed by atoms with E-state index in [2.05, 4.69) is 4.98 Å². The highest BCUT2D eigenvalue weighted by Gasteiger charge is 2.36. The van der Waals surface area contributed by atoms with Crippen LogP contribution in [0.5, 0.6) is 5.75 Å². The first-order valence-electron chi connectivity index (χ1n) is 8.77. The number of aromatic nitrogens is 1. The maximum atomic E-state index is 13.2. The topological polar surface area (TPSA) is 106 Å². The van der Waals surface area contributed by atoms with Gasteiger partial charge in [0.2, 0.25) is 10.0 Å². The fourth-order valence-corrected chi connectivity index (χ4v) is 5.43. The number of non-ortho nitro benzene ring substituents is 1. The molecular weight excluding hydrogens is 382 g/mol. The fourth-order valence-electron chi connectivity index (χ4n) is 3.78. The molecule has 1 atom stereocenters. The van der Waals surface area contributed by atoms with Crippen LogP contribution in [0.2, 0.25) is 0 Å². The Morgan fingerprint density at radius 3 is 2.75 bits per heavy atom. The van der Waals surface area contributed by atoms with Crippen LogP contribution < -0.4 is 4.74 Å². The van der Waals surface area contributed by atoms with Gasteiger partial charge in [0.15, 0.2) is 0 Å². The molecule has 2 aromatic carbocycles. The summed E-state index contributed by atoms with van der Waals surface area (Å²) in [7, 11) is -2.27. The number of fused-ring (bicyclic) bond motifs is 3. The third kappa shape index (κ3) is 2.83. The number of nitro benzene ring substituents is 1. The molecule has 1 N–H and O–H groups in total. The third-order valence-corrected chi connectivity index (χ3v) is 7.18. The summed E-state index contributed by atoms with van der Waals surface area (Å²) in [5, 5.41) is 12.0. The quantitative estimate of drug-likeness (QED) is 0.533. The predicted octanol–water partition coefficient (Wildman–Crippen LogP) is 3.39. The van der Waals surface area contributed by atoms with Crippen LogP contribution in [0.25, 0.3) is 10.9 Å². The standard InChI is InChI=1S/C19H19N3O5S/c1-12-19-16(17-11-14(27-2)6-7-18(17)20-19)8-9-21(12)28(25,26)15-5-3-4-13(10-15)22(23)24/h3-7,10-12,20H,8-9H2,1-2H3. The first-order valence-corrected chi connectivity index (χ1v) is 10.2. The second kappa shape index (κ2) is 6.61. The lowest BCUT2D eigenvalue weighted by atomic mass is 10.0. The maximum absolute atomic E-state index is 13.2. The minimum atomic E-state index is -3.88. The fraction of sp³-hybridized carbons (Fsp3) is 0.263. The highest BCUT2D eigenvalue weighted by Crippen LogP contribution is 2.38. The number of hydrogen-bond acceptors (Lipinski definition) is 5. The molecule has 0 saturated heterocycles. The normalized spacial score (nSPS) is 17.4. The molecule has 0 bridgehead atoms. The number of methoxy groups -OCH3 is 1. The van der Waals surface area contributed by atoms with Gasteiger partial charge in [-0.2, -0.15) is 4.31 Å². The third-order valence-electron chi connectivity index (χ3n) is 5.21. The molecule has 0 aliphatic carbocycles. The Morgan fingerprint density at radius 1 is 1.25 bits per heavy atom. The van der Waals surface area contributed by atoms with Gasteiger partial charge < -0.3 is 9.72 Å². The predicted molar refractivity (Wildman–Crippen MR) is 104 cm³/mol. The highest BCUT2D eigenvalue weighted by molar-refractivity contribution is 7.89. The molecule has 1 aliphatic rings. The largest absolute Gasteiger partial charge is 0.497 e. The maximum Gasteiger partial charge on any atom is 0.270 e. The summed E-state index contributed by atoms with van der Waals surface area (Å²) in [6.07, 6.45) is 0.543. The summed E-state index contributed by atoms with van der Waals surface area (Å²) in [6, 6.07) is 10.5. The highest BCUT2D eigenvalue weighted by atomic mass is 32.2. The molecule has 8 nitrogen and oxygen atoms in total. The molecule has 9 heteroatoms. The van der Waals surface area contributed by atoms with Crippen molar-refractivity contribution in [3.05, 3.63) is 63.8 Å². The van der Waals surface area contributed by atoms with E-state index in [-0.39, 0.29) is 10.6 Å². The van der Waals surface area contributed by atoms with Crippen molar-refractivity contribution in [1.29, 1.82) is 0 Å². The first kappa shape index (κ1) is 18.5. The smallest absolute Gasteiger partial charge is 0.270 e. The Bertz CT molecular complexity index is 1190. The minimum Gasteiger partial charge on any atom is -0.497 e. The summed E-state index contributed by atoms with van der Waals surface area (Å²) in [6.45, 7) is 2.11. The van der Waals surface area contributed by atoms with E-state index in [1.807, 2.05) is 25.1 Å². The Morgan fingerprint density at radius 2 is 2.04 bits per heavy atom. The van der Waals surface area contributed by atoms with Gasteiger partial charge in [0.1, 0.15) is 5.75 Å². The molecule has 0 saturated carbocycles. The van der Waals surface area contributed by atoms with Crippen molar-refractivity contribution >= 4 is 26.6 Å². The Labute approximate surface area is 161 Å².